The highest BCUT2D eigenvalue weighted by Gasteiger charge is 2.35. The first-order valence-electron chi connectivity index (χ1n) is 5.99. The number of nitrogens with zero attached hydrogens (tertiary/aromatic N) is 1. The molecule has 7 nitrogen and oxygen atoms in total. The summed E-state index contributed by atoms with van der Waals surface area (Å²) in [6.45, 7) is 5.33. The predicted molar refractivity (Wildman–Crippen MR) is 67.6 cm³/mol. The van der Waals surface area contributed by atoms with Gasteiger partial charge in [0.15, 0.2) is 11.9 Å². The van der Waals surface area contributed by atoms with Crippen molar-refractivity contribution in [2.24, 2.45) is 16.6 Å². The first kappa shape index (κ1) is 15.4. The van der Waals surface area contributed by atoms with Crippen LogP contribution in [0.2, 0.25) is 0 Å². The van der Waals surface area contributed by atoms with Gasteiger partial charge in [-0.1, -0.05) is 0 Å². The molecular formula is C12H20N2O5. The molecule has 0 fully saturated rings. The Labute approximate surface area is 112 Å². The number of carbonyl (C=O) groups is 2. The molecule has 0 aromatic heterocycles. The zero-order chi connectivity index (χ0) is 14.6. The van der Waals surface area contributed by atoms with Crippen LogP contribution in [-0.2, 0) is 23.8 Å². The van der Waals surface area contributed by atoms with Gasteiger partial charge in [0, 0.05) is 6.54 Å². The largest absolute Gasteiger partial charge is 0.477 e. The fraction of sp³-hybridized carbons (Fsp3) is 0.750. The summed E-state index contributed by atoms with van der Waals surface area (Å²) in [5.41, 5.74) is 4.93. The molecular weight excluding hydrogens is 252 g/mol. The molecule has 19 heavy (non-hydrogen) atoms. The van der Waals surface area contributed by atoms with E-state index < -0.39 is 29.5 Å². The monoisotopic (exact) mass is 272 g/mol. The molecule has 2 N–H and O–H groups in total. The van der Waals surface area contributed by atoms with Gasteiger partial charge in [0.1, 0.15) is 18.1 Å². The zero-order valence-electron chi connectivity index (χ0n) is 11.6. The molecule has 1 rings (SSSR count). The molecule has 0 spiro atoms. The van der Waals surface area contributed by atoms with Crippen molar-refractivity contribution < 1.29 is 23.8 Å². The van der Waals surface area contributed by atoms with Crippen LogP contribution in [-0.4, -0.2) is 49.7 Å². The molecule has 0 aromatic rings. The van der Waals surface area contributed by atoms with Gasteiger partial charge in [0.05, 0.1) is 7.11 Å². The topological polar surface area (TPSA) is 100 Å². The summed E-state index contributed by atoms with van der Waals surface area (Å²) in [5, 5.41) is 0. The highest BCUT2D eigenvalue weighted by atomic mass is 16.6. The average Bonchev–Trinajstić information content (AvgIpc) is 2.76. The highest BCUT2D eigenvalue weighted by molar-refractivity contribution is 6.00. The van der Waals surface area contributed by atoms with E-state index in [0.717, 1.165) is 0 Å². The minimum absolute atomic E-state index is 0.00163. The van der Waals surface area contributed by atoms with Gasteiger partial charge in [-0.05, 0) is 20.8 Å². The van der Waals surface area contributed by atoms with Crippen LogP contribution in [0.1, 0.15) is 20.8 Å². The van der Waals surface area contributed by atoms with Crippen LogP contribution in [0.4, 0.5) is 0 Å². The van der Waals surface area contributed by atoms with Gasteiger partial charge >= 0.3 is 11.9 Å². The number of aliphatic imine (C=N–C) groups is 1. The molecule has 7 heteroatoms. The van der Waals surface area contributed by atoms with Crippen molar-refractivity contribution in [1.82, 2.24) is 0 Å². The van der Waals surface area contributed by atoms with Crippen molar-refractivity contribution in [2.45, 2.75) is 32.4 Å². The first-order chi connectivity index (χ1) is 8.78. The molecule has 0 amide bonds. The minimum Gasteiger partial charge on any atom is -0.477 e. The van der Waals surface area contributed by atoms with Gasteiger partial charge in [-0.3, -0.25) is 4.79 Å². The van der Waals surface area contributed by atoms with E-state index in [9.17, 15) is 9.59 Å². The van der Waals surface area contributed by atoms with Crippen LogP contribution < -0.4 is 5.73 Å². The number of hydrogen-bond donors (Lipinski definition) is 1. The number of hydrogen-bond acceptors (Lipinski definition) is 7. The Morgan fingerprint density at radius 2 is 2.16 bits per heavy atom. The SMILES string of the molecule is COC(=O)C1COC([C@@H](CN)C(=O)OC(C)(C)C)=N1. The average molecular weight is 272 g/mol. The lowest BCUT2D eigenvalue weighted by atomic mass is 10.1. The van der Waals surface area contributed by atoms with Crippen LogP contribution in [0.15, 0.2) is 4.99 Å². The fourth-order valence-electron chi connectivity index (χ4n) is 1.51. The number of methoxy groups -OCH3 is 1. The van der Waals surface area contributed by atoms with Crippen LogP contribution in [0.25, 0.3) is 0 Å². The highest BCUT2D eigenvalue weighted by Crippen LogP contribution is 2.17. The van der Waals surface area contributed by atoms with E-state index in [1.54, 1.807) is 20.8 Å². The third kappa shape index (κ3) is 4.20. The maximum Gasteiger partial charge on any atom is 0.334 e. The first-order valence-corrected chi connectivity index (χ1v) is 5.99. The Balaban J connectivity index is 2.76. The molecule has 1 unspecified atom stereocenters. The van der Waals surface area contributed by atoms with Crippen molar-refractivity contribution in [2.75, 3.05) is 20.3 Å². The molecule has 1 heterocycles. The summed E-state index contributed by atoms with van der Waals surface area (Å²) >= 11 is 0. The Kier molecular flexibility index (Phi) is 4.88. The second-order valence-electron chi connectivity index (χ2n) is 5.14. The van der Waals surface area contributed by atoms with E-state index in [0.29, 0.717) is 0 Å². The van der Waals surface area contributed by atoms with Gasteiger partial charge in [0.2, 0.25) is 0 Å². The van der Waals surface area contributed by atoms with E-state index >= 15 is 0 Å². The molecule has 1 aliphatic heterocycles. The van der Waals surface area contributed by atoms with Gasteiger partial charge < -0.3 is 19.9 Å². The fourth-order valence-corrected chi connectivity index (χ4v) is 1.51. The maximum atomic E-state index is 11.9. The molecule has 108 valence electrons. The van der Waals surface area contributed by atoms with E-state index in [1.807, 2.05) is 0 Å². The lowest BCUT2D eigenvalue weighted by molar-refractivity contribution is -0.157. The van der Waals surface area contributed by atoms with Crippen LogP contribution in [0.3, 0.4) is 0 Å². The van der Waals surface area contributed by atoms with Crippen molar-refractivity contribution in [1.29, 1.82) is 0 Å². The molecule has 0 radical (unpaired) electrons. The van der Waals surface area contributed by atoms with Gasteiger partial charge in [-0.25, -0.2) is 9.79 Å². The molecule has 0 bridgehead atoms. The van der Waals surface area contributed by atoms with Crippen LogP contribution >= 0.6 is 0 Å². The summed E-state index contributed by atoms with van der Waals surface area (Å²) < 4.78 is 15.0. The summed E-state index contributed by atoms with van der Waals surface area (Å²) in [6, 6.07) is -0.739. The van der Waals surface area contributed by atoms with E-state index in [4.69, 9.17) is 15.2 Å². The normalized spacial score (nSPS) is 20.3. The maximum absolute atomic E-state index is 11.9. The van der Waals surface area contributed by atoms with Crippen molar-refractivity contribution in [3.05, 3.63) is 0 Å². The minimum atomic E-state index is -0.797. The summed E-state index contributed by atoms with van der Waals surface area (Å²) in [5.74, 6) is -1.68. The lowest BCUT2D eigenvalue weighted by Crippen LogP contribution is -2.37. The zero-order valence-corrected chi connectivity index (χ0v) is 11.6. The van der Waals surface area contributed by atoms with E-state index in [1.165, 1.54) is 7.11 Å². The van der Waals surface area contributed by atoms with Crippen molar-refractivity contribution >= 4 is 17.8 Å². The standard InChI is InChI=1S/C12H20N2O5/c1-12(2,3)19-10(15)7(5-13)9-14-8(6-18-9)11(16)17-4/h7-8H,5-6,13H2,1-4H3/t7-,8?/m1/s1. The molecule has 0 saturated heterocycles. The summed E-state index contributed by atoms with van der Waals surface area (Å²) in [6.07, 6.45) is 0. The Hall–Kier alpha value is -1.63. The number of carbonyl (C=O) groups excluding carboxylic acids is 2. The molecule has 0 saturated carbocycles. The quantitative estimate of drug-likeness (QED) is 0.716. The molecule has 0 aliphatic carbocycles. The number of nitrogens with two attached hydrogens (primary N) is 1. The Morgan fingerprint density at radius 1 is 1.53 bits per heavy atom. The number of ether oxygens (including phenoxy) is 3. The molecule has 0 aromatic carbocycles. The number of esters is 2. The second-order valence-corrected chi connectivity index (χ2v) is 5.14. The predicted octanol–water partition coefficient (Wildman–Crippen LogP) is -0.127. The molecule has 1 aliphatic rings. The Bertz CT molecular complexity index is 386. The number of rotatable bonds is 4. The van der Waals surface area contributed by atoms with E-state index in [-0.39, 0.29) is 19.0 Å². The van der Waals surface area contributed by atoms with Crippen LogP contribution in [0, 0.1) is 5.92 Å². The lowest BCUT2D eigenvalue weighted by Gasteiger charge is -2.22. The second kappa shape index (κ2) is 6.01. The Morgan fingerprint density at radius 3 is 2.63 bits per heavy atom. The summed E-state index contributed by atoms with van der Waals surface area (Å²) in [7, 11) is 1.27. The van der Waals surface area contributed by atoms with Crippen molar-refractivity contribution in [3.63, 3.8) is 0 Å². The van der Waals surface area contributed by atoms with Gasteiger partial charge in [-0.15, -0.1) is 0 Å². The van der Waals surface area contributed by atoms with Crippen molar-refractivity contribution in [3.8, 4) is 0 Å². The van der Waals surface area contributed by atoms with Crippen LogP contribution in [0.5, 0.6) is 0 Å². The molecule has 2 atom stereocenters. The third-order valence-corrected chi connectivity index (χ3v) is 2.37. The third-order valence-electron chi connectivity index (χ3n) is 2.37. The van der Waals surface area contributed by atoms with Gasteiger partial charge in [0.25, 0.3) is 0 Å². The smallest absolute Gasteiger partial charge is 0.334 e. The van der Waals surface area contributed by atoms with E-state index in [2.05, 4.69) is 9.73 Å². The van der Waals surface area contributed by atoms with Gasteiger partial charge in [-0.2, -0.15) is 0 Å². The summed E-state index contributed by atoms with van der Waals surface area (Å²) in [4.78, 5) is 27.3.